The van der Waals surface area contributed by atoms with E-state index in [1.807, 2.05) is 12.1 Å². The van der Waals surface area contributed by atoms with Crippen LogP contribution in [0.25, 0.3) is 10.8 Å². The Balaban J connectivity index is 2.05. The Hall–Kier alpha value is -2.03. The van der Waals surface area contributed by atoms with Gasteiger partial charge in [0.15, 0.2) is 0 Å². The maximum Gasteiger partial charge on any atom is 0.282 e. The van der Waals surface area contributed by atoms with Crippen molar-refractivity contribution in [3.05, 3.63) is 48.0 Å². The summed E-state index contributed by atoms with van der Waals surface area (Å²) in [6.45, 7) is 0.546. The number of hydrogen-bond donors (Lipinski definition) is 1. The lowest BCUT2D eigenvalue weighted by Gasteiger charge is -2.06. The number of benzene rings is 2. The molecule has 1 aliphatic heterocycles. The van der Waals surface area contributed by atoms with Gasteiger partial charge in [-0.05, 0) is 22.4 Å². The van der Waals surface area contributed by atoms with E-state index in [0.29, 0.717) is 6.61 Å². The Morgan fingerprint density at radius 3 is 2.69 bits per heavy atom. The Kier molecular flexibility index (Phi) is 2.03. The van der Waals surface area contributed by atoms with Gasteiger partial charge in [-0.15, -0.1) is 0 Å². The lowest BCUT2D eigenvalue weighted by Crippen LogP contribution is -2.10. The van der Waals surface area contributed by atoms with E-state index in [4.69, 9.17) is 10.5 Å². The molecule has 3 heteroatoms. The van der Waals surface area contributed by atoms with E-state index in [1.165, 1.54) is 10.8 Å². The van der Waals surface area contributed by atoms with Gasteiger partial charge in [-0.25, -0.2) is 4.99 Å². The van der Waals surface area contributed by atoms with Crippen molar-refractivity contribution < 1.29 is 4.74 Å². The van der Waals surface area contributed by atoms with Crippen molar-refractivity contribution in [1.29, 1.82) is 0 Å². The predicted molar refractivity (Wildman–Crippen MR) is 64.3 cm³/mol. The number of aliphatic imine (C=N–C) groups is 1. The van der Waals surface area contributed by atoms with Gasteiger partial charge in [0.05, 0.1) is 0 Å². The van der Waals surface area contributed by atoms with Crippen LogP contribution in [0.15, 0.2) is 47.5 Å². The molecule has 0 saturated carbocycles. The standard InChI is InChI=1S/C13H12N2O/c14-13-15-12(8-16-13)11-6-5-9-3-1-2-4-10(9)7-11/h1-7,12H,8H2,(H2,14,15)/t12-/m0/s1. The fourth-order valence-corrected chi connectivity index (χ4v) is 1.98. The summed E-state index contributed by atoms with van der Waals surface area (Å²) in [5.41, 5.74) is 6.65. The highest BCUT2D eigenvalue weighted by Gasteiger charge is 2.18. The Morgan fingerprint density at radius 1 is 1.12 bits per heavy atom. The van der Waals surface area contributed by atoms with Crippen LogP contribution < -0.4 is 5.73 Å². The van der Waals surface area contributed by atoms with Crippen LogP contribution in [0, 0.1) is 0 Å². The SMILES string of the molecule is NC1=N[C@H](c2ccc3ccccc3c2)CO1. The molecule has 1 atom stereocenters. The van der Waals surface area contributed by atoms with Crippen LogP contribution in [0.5, 0.6) is 0 Å². The van der Waals surface area contributed by atoms with Gasteiger partial charge in [0.2, 0.25) is 0 Å². The van der Waals surface area contributed by atoms with Crippen LogP contribution in [-0.4, -0.2) is 12.6 Å². The maximum atomic E-state index is 5.50. The number of hydrogen-bond acceptors (Lipinski definition) is 3. The fourth-order valence-electron chi connectivity index (χ4n) is 1.98. The minimum atomic E-state index is 0.0459. The number of fused-ring (bicyclic) bond motifs is 1. The summed E-state index contributed by atoms with van der Waals surface area (Å²) in [5.74, 6) is 0. The highest BCUT2D eigenvalue weighted by molar-refractivity contribution is 5.83. The quantitative estimate of drug-likeness (QED) is 0.787. The molecule has 16 heavy (non-hydrogen) atoms. The first-order chi connectivity index (χ1) is 7.83. The molecular weight excluding hydrogens is 200 g/mol. The van der Waals surface area contributed by atoms with Gasteiger partial charge in [-0.1, -0.05) is 36.4 Å². The van der Waals surface area contributed by atoms with Crippen molar-refractivity contribution in [2.75, 3.05) is 6.61 Å². The van der Waals surface area contributed by atoms with Crippen molar-refractivity contribution in [2.45, 2.75) is 6.04 Å². The summed E-state index contributed by atoms with van der Waals surface area (Å²) in [7, 11) is 0. The highest BCUT2D eigenvalue weighted by atomic mass is 16.5. The molecule has 2 aromatic carbocycles. The molecule has 1 aliphatic rings. The van der Waals surface area contributed by atoms with Crippen molar-refractivity contribution in [1.82, 2.24) is 0 Å². The third-order valence-corrected chi connectivity index (χ3v) is 2.83. The number of nitrogens with zero attached hydrogens (tertiary/aromatic N) is 1. The maximum absolute atomic E-state index is 5.50. The fraction of sp³-hybridized carbons (Fsp3) is 0.154. The van der Waals surface area contributed by atoms with Crippen LogP contribution >= 0.6 is 0 Å². The smallest absolute Gasteiger partial charge is 0.282 e. The first kappa shape index (κ1) is 9.21. The molecule has 80 valence electrons. The molecule has 3 nitrogen and oxygen atoms in total. The molecule has 0 amide bonds. The second-order valence-electron chi connectivity index (χ2n) is 3.90. The first-order valence-electron chi connectivity index (χ1n) is 5.28. The molecule has 0 unspecified atom stereocenters. The highest BCUT2D eigenvalue weighted by Crippen LogP contribution is 2.25. The minimum absolute atomic E-state index is 0.0459. The topological polar surface area (TPSA) is 47.6 Å². The van der Waals surface area contributed by atoms with Gasteiger partial charge in [0.25, 0.3) is 6.02 Å². The molecule has 0 radical (unpaired) electrons. The summed E-state index contributed by atoms with van der Waals surface area (Å²) in [5, 5.41) is 2.46. The largest absolute Gasteiger partial charge is 0.463 e. The Labute approximate surface area is 93.6 Å². The molecule has 0 aliphatic carbocycles. The van der Waals surface area contributed by atoms with Crippen molar-refractivity contribution in [3.63, 3.8) is 0 Å². The normalized spacial score (nSPS) is 19.5. The molecule has 0 bridgehead atoms. The van der Waals surface area contributed by atoms with Crippen LogP contribution in [0.4, 0.5) is 0 Å². The van der Waals surface area contributed by atoms with Gasteiger partial charge in [-0.3, -0.25) is 0 Å². The molecule has 2 N–H and O–H groups in total. The second kappa shape index (κ2) is 3.52. The second-order valence-corrected chi connectivity index (χ2v) is 3.90. The number of amidine groups is 1. The van der Waals surface area contributed by atoms with E-state index in [1.54, 1.807) is 0 Å². The van der Waals surface area contributed by atoms with Gasteiger partial charge >= 0.3 is 0 Å². The third kappa shape index (κ3) is 1.50. The van der Waals surface area contributed by atoms with E-state index in [9.17, 15) is 0 Å². The molecule has 0 saturated heterocycles. The summed E-state index contributed by atoms with van der Waals surface area (Å²) in [6, 6.07) is 14.9. The van der Waals surface area contributed by atoms with Crippen LogP contribution in [0.1, 0.15) is 11.6 Å². The van der Waals surface area contributed by atoms with E-state index >= 15 is 0 Å². The zero-order chi connectivity index (χ0) is 11.0. The number of nitrogens with two attached hydrogens (primary N) is 1. The van der Waals surface area contributed by atoms with E-state index in [2.05, 4.69) is 35.3 Å². The van der Waals surface area contributed by atoms with Gasteiger partial charge in [0.1, 0.15) is 12.6 Å². The molecule has 0 aromatic heterocycles. The summed E-state index contributed by atoms with van der Waals surface area (Å²) in [6.07, 6.45) is 0. The molecule has 3 rings (SSSR count). The molecule has 2 aromatic rings. The predicted octanol–water partition coefficient (Wildman–Crippen LogP) is 2.23. The lowest BCUT2D eigenvalue weighted by atomic mass is 10.0. The minimum Gasteiger partial charge on any atom is -0.463 e. The molecule has 1 heterocycles. The zero-order valence-corrected chi connectivity index (χ0v) is 8.76. The lowest BCUT2D eigenvalue weighted by molar-refractivity contribution is 0.315. The van der Waals surface area contributed by atoms with Crippen LogP contribution in [0.2, 0.25) is 0 Å². The van der Waals surface area contributed by atoms with E-state index < -0.39 is 0 Å². The van der Waals surface area contributed by atoms with Gasteiger partial charge < -0.3 is 10.5 Å². The van der Waals surface area contributed by atoms with Crippen molar-refractivity contribution in [2.24, 2.45) is 10.7 Å². The number of rotatable bonds is 1. The Morgan fingerprint density at radius 2 is 1.94 bits per heavy atom. The zero-order valence-electron chi connectivity index (χ0n) is 8.76. The summed E-state index contributed by atoms with van der Waals surface area (Å²) in [4.78, 5) is 4.24. The van der Waals surface area contributed by atoms with Gasteiger partial charge in [0, 0.05) is 0 Å². The average Bonchev–Trinajstić information content (AvgIpc) is 2.75. The number of ether oxygens (including phenoxy) is 1. The van der Waals surface area contributed by atoms with E-state index in [0.717, 1.165) is 5.56 Å². The molecule has 0 spiro atoms. The van der Waals surface area contributed by atoms with Crippen LogP contribution in [-0.2, 0) is 4.74 Å². The summed E-state index contributed by atoms with van der Waals surface area (Å²) < 4.78 is 5.16. The average molecular weight is 212 g/mol. The van der Waals surface area contributed by atoms with Gasteiger partial charge in [-0.2, -0.15) is 0 Å². The Bertz CT molecular complexity index is 563. The third-order valence-electron chi connectivity index (χ3n) is 2.83. The van der Waals surface area contributed by atoms with Crippen molar-refractivity contribution >= 4 is 16.8 Å². The first-order valence-corrected chi connectivity index (χ1v) is 5.28. The monoisotopic (exact) mass is 212 g/mol. The molecular formula is C13H12N2O. The van der Waals surface area contributed by atoms with Crippen molar-refractivity contribution in [3.8, 4) is 0 Å². The molecule has 0 fully saturated rings. The van der Waals surface area contributed by atoms with E-state index in [-0.39, 0.29) is 12.1 Å². The summed E-state index contributed by atoms with van der Waals surface area (Å²) >= 11 is 0. The van der Waals surface area contributed by atoms with Crippen LogP contribution in [0.3, 0.4) is 0 Å².